The van der Waals surface area contributed by atoms with E-state index in [-0.39, 0.29) is 0 Å². The van der Waals surface area contributed by atoms with Gasteiger partial charge in [0.05, 0.1) is 0 Å². The van der Waals surface area contributed by atoms with Crippen LogP contribution in [-0.4, -0.2) is 18.9 Å². The zero-order valence-electron chi connectivity index (χ0n) is 15.0. The van der Waals surface area contributed by atoms with Crippen LogP contribution in [-0.2, 0) is 4.79 Å². The maximum Gasteiger partial charge on any atom is 0.129 e. The first-order valence-electron chi connectivity index (χ1n) is 9.99. The lowest BCUT2D eigenvalue weighted by atomic mass is 9.99. The average Bonchev–Trinajstić information content (AvgIpc) is 3.00. The molecule has 1 N–H and O–H groups in total. The van der Waals surface area contributed by atoms with Gasteiger partial charge in [0.25, 0.3) is 0 Å². The Labute approximate surface area is 138 Å². The summed E-state index contributed by atoms with van der Waals surface area (Å²) in [6.07, 6.45) is 20.2. The molecule has 0 spiro atoms. The number of ketones is 1. The zero-order chi connectivity index (χ0) is 15.9. The molecule has 0 aromatic heterocycles. The highest BCUT2D eigenvalue weighted by Crippen LogP contribution is 2.18. The average molecular weight is 310 g/mol. The molecule has 0 radical (unpaired) electrons. The number of nitrogens with one attached hydrogen (secondary N) is 1. The van der Waals surface area contributed by atoms with E-state index in [2.05, 4.69) is 5.32 Å². The molecule has 130 valence electrons. The van der Waals surface area contributed by atoms with Crippen LogP contribution in [0.5, 0.6) is 0 Å². The minimum Gasteiger partial charge on any atom is -0.316 e. The molecule has 1 aliphatic heterocycles. The van der Waals surface area contributed by atoms with E-state index in [0.29, 0.717) is 5.78 Å². The first kappa shape index (κ1) is 19.7. The lowest BCUT2D eigenvalue weighted by Crippen LogP contribution is -2.08. The minimum atomic E-state index is 0.347. The molecular formula is C20H39NO. The van der Waals surface area contributed by atoms with Crippen LogP contribution in [0.4, 0.5) is 0 Å². The molecule has 1 unspecified atom stereocenters. The van der Waals surface area contributed by atoms with Crippen molar-refractivity contribution >= 4 is 5.78 Å². The largest absolute Gasteiger partial charge is 0.316 e. The van der Waals surface area contributed by atoms with Crippen LogP contribution >= 0.6 is 0 Å². The zero-order valence-corrected chi connectivity index (χ0v) is 15.0. The Kier molecular flexibility index (Phi) is 12.7. The number of unbranched alkanes of at least 4 members (excludes halogenated alkanes) is 11. The van der Waals surface area contributed by atoms with Crippen molar-refractivity contribution in [1.29, 1.82) is 0 Å². The monoisotopic (exact) mass is 309 g/mol. The van der Waals surface area contributed by atoms with Gasteiger partial charge < -0.3 is 10.1 Å². The molecule has 0 saturated carbocycles. The Morgan fingerprint density at radius 2 is 1.32 bits per heavy atom. The van der Waals surface area contributed by atoms with Gasteiger partial charge in [0, 0.05) is 6.42 Å². The first-order valence-corrected chi connectivity index (χ1v) is 9.99. The van der Waals surface area contributed by atoms with Crippen molar-refractivity contribution in [3.63, 3.8) is 0 Å². The van der Waals surface area contributed by atoms with E-state index in [1.165, 1.54) is 96.6 Å². The fraction of sp³-hybridized carbons (Fsp3) is 0.950. The molecule has 22 heavy (non-hydrogen) atoms. The second kappa shape index (κ2) is 14.2. The molecule has 0 bridgehead atoms. The Bertz CT molecular complexity index is 258. The summed E-state index contributed by atoms with van der Waals surface area (Å²) in [5.74, 6) is 1.33. The molecule has 0 aliphatic carbocycles. The van der Waals surface area contributed by atoms with E-state index < -0.39 is 0 Å². The normalized spacial score (nSPS) is 18.0. The van der Waals surface area contributed by atoms with Crippen LogP contribution in [0.3, 0.4) is 0 Å². The fourth-order valence-electron chi connectivity index (χ4n) is 3.54. The first-order chi connectivity index (χ1) is 10.8. The molecule has 1 fully saturated rings. The lowest BCUT2D eigenvalue weighted by Gasteiger charge is -2.07. The Morgan fingerprint density at radius 3 is 1.77 bits per heavy atom. The number of rotatable bonds is 15. The lowest BCUT2D eigenvalue weighted by molar-refractivity contribution is -0.117. The van der Waals surface area contributed by atoms with Gasteiger partial charge in [-0.05, 0) is 45.2 Å². The molecule has 1 aliphatic rings. The van der Waals surface area contributed by atoms with Crippen LogP contribution in [0, 0.1) is 5.92 Å². The topological polar surface area (TPSA) is 29.1 Å². The van der Waals surface area contributed by atoms with Gasteiger partial charge in [-0.2, -0.15) is 0 Å². The van der Waals surface area contributed by atoms with E-state index in [1.54, 1.807) is 6.92 Å². The van der Waals surface area contributed by atoms with E-state index in [9.17, 15) is 4.79 Å². The fourth-order valence-corrected chi connectivity index (χ4v) is 3.54. The molecule has 1 heterocycles. The van der Waals surface area contributed by atoms with Crippen LogP contribution in [0.1, 0.15) is 103 Å². The van der Waals surface area contributed by atoms with Gasteiger partial charge >= 0.3 is 0 Å². The van der Waals surface area contributed by atoms with E-state index in [4.69, 9.17) is 0 Å². The molecule has 0 aromatic carbocycles. The highest BCUT2D eigenvalue weighted by atomic mass is 16.1. The van der Waals surface area contributed by atoms with Crippen molar-refractivity contribution in [2.24, 2.45) is 5.92 Å². The summed E-state index contributed by atoms with van der Waals surface area (Å²) in [5.41, 5.74) is 0. The third-order valence-corrected chi connectivity index (χ3v) is 5.05. The van der Waals surface area contributed by atoms with Gasteiger partial charge in [0.1, 0.15) is 5.78 Å². The predicted octanol–water partition coefficient (Wildman–Crippen LogP) is 5.65. The second-order valence-electron chi connectivity index (χ2n) is 7.34. The van der Waals surface area contributed by atoms with Crippen LogP contribution in [0.25, 0.3) is 0 Å². The molecule has 1 atom stereocenters. The summed E-state index contributed by atoms with van der Waals surface area (Å²) >= 11 is 0. The Morgan fingerprint density at radius 1 is 0.818 bits per heavy atom. The number of hydrogen-bond donors (Lipinski definition) is 1. The number of Topliss-reactive ketones (excluding diaryl/α,β-unsaturated/α-hetero) is 1. The highest BCUT2D eigenvalue weighted by molar-refractivity contribution is 5.75. The summed E-state index contributed by atoms with van der Waals surface area (Å²) in [7, 11) is 0. The highest BCUT2D eigenvalue weighted by Gasteiger charge is 2.12. The summed E-state index contributed by atoms with van der Waals surface area (Å²) in [5, 5.41) is 3.46. The van der Waals surface area contributed by atoms with Gasteiger partial charge in [-0.15, -0.1) is 0 Å². The molecule has 0 aromatic rings. The molecule has 2 heteroatoms. The van der Waals surface area contributed by atoms with Gasteiger partial charge in [-0.3, -0.25) is 0 Å². The minimum absolute atomic E-state index is 0.347. The Balaban J connectivity index is 1.67. The summed E-state index contributed by atoms with van der Waals surface area (Å²) in [4.78, 5) is 10.8. The smallest absolute Gasteiger partial charge is 0.129 e. The SMILES string of the molecule is CC(=O)CCCCCCCCCCCCCCC1CCNC1. The van der Waals surface area contributed by atoms with E-state index >= 15 is 0 Å². The van der Waals surface area contributed by atoms with Gasteiger partial charge in [-0.25, -0.2) is 0 Å². The van der Waals surface area contributed by atoms with Crippen molar-refractivity contribution in [3.8, 4) is 0 Å². The van der Waals surface area contributed by atoms with Crippen molar-refractivity contribution in [1.82, 2.24) is 5.32 Å². The molecule has 1 rings (SSSR count). The number of hydrogen-bond acceptors (Lipinski definition) is 2. The molecule has 2 nitrogen and oxygen atoms in total. The third kappa shape index (κ3) is 12.2. The van der Waals surface area contributed by atoms with Crippen molar-refractivity contribution in [2.75, 3.05) is 13.1 Å². The maximum absolute atomic E-state index is 10.8. The number of carbonyl (C=O) groups is 1. The van der Waals surface area contributed by atoms with Crippen molar-refractivity contribution < 1.29 is 4.79 Å². The molecule has 1 saturated heterocycles. The van der Waals surface area contributed by atoms with Gasteiger partial charge in [-0.1, -0.05) is 70.6 Å². The predicted molar refractivity (Wildman–Crippen MR) is 96.3 cm³/mol. The third-order valence-electron chi connectivity index (χ3n) is 5.05. The second-order valence-corrected chi connectivity index (χ2v) is 7.34. The van der Waals surface area contributed by atoms with Crippen molar-refractivity contribution in [3.05, 3.63) is 0 Å². The van der Waals surface area contributed by atoms with E-state index in [1.807, 2.05) is 0 Å². The summed E-state index contributed by atoms with van der Waals surface area (Å²) in [6.45, 7) is 4.22. The summed E-state index contributed by atoms with van der Waals surface area (Å²) in [6, 6.07) is 0. The van der Waals surface area contributed by atoms with Crippen LogP contribution < -0.4 is 5.32 Å². The van der Waals surface area contributed by atoms with Gasteiger partial charge in [0.2, 0.25) is 0 Å². The van der Waals surface area contributed by atoms with Crippen molar-refractivity contribution in [2.45, 2.75) is 103 Å². The molecular weight excluding hydrogens is 270 g/mol. The maximum atomic E-state index is 10.8. The molecule has 0 amide bonds. The van der Waals surface area contributed by atoms with E-state index in [0.717, 1.165) is 18.8 Å². The quantitative estimate of drug-likeness (QED) is 0.396. The van der Waals surface area contributed by atoms with Gasteiger partial charge in [0.15, 0.2) is 0 Å². The van der Waals surface area contributed by atoms with Crippen LogP contribution in [0.2, 0.25) is 0 Å². The standard InChI is InChI=1S/C20H39NO/c1-19(22)14-12-10-8-6-4-2-3-5-7-9-11-13-15-20-16-17-21-18-20/h20-21H,2-18H2,1H3. The number of carbonyl (C=O) groups excluding carboxylic acids is 1. The van der Waals surface area contributed by atoms with Crippen LogP contribution in [0.15, 0.2) is 0 Å². The summed E-state index contributed by atoms with van der Waals surface area (Å²) < 4.78 is 0. The Hall–Kier alpha value is -0.370.